The summed E-state index contributed by atoms with van der Waals surface area (Å²) in [5, 5.41) is 3.59. The number of hydrogen-bond acceptors (Lipinski definition) is 6. The summed E-state index contributed by atoms with van der Waals surface area (Å²) < 4.78 is 16.1. The van der Waals surface area contributed by atoms with Crippen LogP contribution < -0.4 is 5.32 Å². The summed E-state index contributed by atoms with van der Waals surface area (Å²) in [5.74, 6) is 1.50. The molecule has 0 spiro atoms. The van der Waals surface area contributed by atoms with Crippen molar-refractivity contribution in [1.29, 1.82) is 0 Å². The lowest BCUT2D eigenvalue weighted by Gasteiger charge is -2.31. The van der Waals surface area contributed by atoms with Gasteiger partial charge < -0.3 is 19.2 Å². The molecule has 0 atom stereocenters. The van der Waals surface area contributed by atoms with E-state index in [2.05, 4.69) is 15.2 Å². The molecule has 0 radical (unpaired) electrons. The van der Waals surface area contributed by atoms with E-state index < -0.39 is 6.29 Å². The summed E-state index contributed by atoms with van der Waals surface area (Å²) in [5.41, 5.74) is 1.84. The number of nitrogens with zero attached hydrogens (tertiary/aromatic N) is 2. The van der Waals surface area contributed by atoms with Crippen LogP contribution in [0.25, 0.3) is 11.5 Å². The number of halogens is 1. The highest BCUT2D eigenvalue weighted by molar-refractivity contribution is 6.30. The molecule has 0 unspecified atom stereocenters. The van der Waals surface area contributed by atoms with Crippen molar-refractivity contribution in [3.05, 3.63) is 40.7 Å². The zero-order valence-electron chi connectivity index (χ0n) is 17.1. The maximum absolute atomic E-state index is 12.4. The predicted molar refractivity (Wildman–Crippen MR) is 111 cm³/mol. The minimum absolute atomic E-state index is 0.0173. The number of nitrogens with one attached hydrogen (secondary N) is 1. The molecular formula is C21H28ClN3O4. The SMILES string of the molecule is COC(CNC(=O)C1CCN(Cc2nc(-c3ccc(Cl)cc3)oc2C)CC1)OC. The lowest BCUT2D eigenvalue weighted by molar-refractivity contribution is -0.132. The molecule has 1 fully saturated rings. The highest BCUT2D eigenvalue weighted by Crippen LogP contribution is 2.25. The van der Waals surface area contributed by atoms with Crippen LogP contribution in [-0.4, -0.2) is 55.9 Å². The standard InChI is InChI=1S/C21H28ClN3O4/c1-14-18(24-21(29-14)16-4-6-17(22)7-5-16)13-25-10-8-15(9-11-25)20(26)23-12-19(27-2)28-3/h4-7,15,19H,8-13H2,1-3H3,(H,23,26). The van der Waals surface area contributed by atoms with E-state index in [1.54, 1.807) is 14.2 Å². The third-order valence-electron chi connectivity index (χ3n) is 5.28. The molecule has 0 saturated carbocycles. The molecule has 0 aliphatic carbocycles. The number of ether oxygens (including phenoxy) is 2. The van der Waals surface area contributed by atoms with Crippen LogP contribution in [0.2, 0.25) is 5.02 Å². The van der Waals surface area contributed by atoms with Crippen LogP contribution in [0.5, 0.6) is 0 Å². The van der Waals surface area contributed by atoms with Gasteiger partial charge in [0.25, 0.3) is 0 Å². The second-order valence-electron chi connectivity index (χ2n) is 7.23. The minimum Gasteiger partial charge on any atom is -0.441 e. The number of carbonyl (C=O) groups is 1. The molecule has 1 aliphatic rings. The number of methoxy groups -OCH3 is 2. The van der Waals surface area contributed by atoms with Gasteiger partial charge in [0.1, 0.15) is 5.76 Å². The quantitative estimate of drug-likeness (QED) is 0.659. The Balaban J connectivity index is 1.51. The molecular weight excluding hydrogens is 394 g/mol. The van der Waals surface area contributed by atoms with E-state index in [-0.39, 0.29) is 11.8 Å². The van der Waals surface area contributed by atoms with Crippen LogP contribution in [0.4, 0.5) is 0 Å². The maximum atomic E-state index is 12.4. The number of amides is 1. The van der Waals surface area contributed by atoms with Gasteiger partial charge in [-0.25, -0.2) is 4.98 Å². The van der Waals surface area contributed by atoms with E-state index in [4.69, 9.17) is 25.5 Å². The number of hydrogen-bond donors (Lipinski definition) is 1. The van der Waals surface area contributed by atoms with Gasteiger partial charge >= 0.3 is 0 Å². The average molecular weight is 422 g/mol. The van der Waals surface area contributed by atoms with Gasteiger partial charge in [-0.05, 0) is 57.1 Å². The van der Waals surface area contributed by atoms with Crippen molar-refractivity contribution in [2.75, 3.05) is 33.9 Å². The summed E-state index contributed by atoms with van der Waals surface area (Å²) in [4.78, 5) is 19.3. The first kappa shape index (κ1) is 21.8. The number of likely N-dealkylation sites (tertiary alicyclic amines) is 1. The molecule has 1 saturated heterocycles. The molecule has 2 aromatic rings. The smallest absolute Gasteiger partial charge is 0.226 e. The lowest BCUT2D eigenvalue weighted by atomic mass is 9.96. The van der Waals surface area contributed by atoms with Gasteiger partial charge in [0.05, 0.1) is 12.2 Å². The fraction of sp³-hybridized carbons (Fsp3) is 0.524. The lowest BCUT2D eigenvalue weighted by Crippen LogP contribution is -2.42. The Morgan fingerprint density at radius 1 is 1.28 bits per heavy atom. The van der Waals surface area contributed by atoms with Crippen LogP contribution in [0.3, 0.4) is 0 Å². The molecule has 1 aromatic heterocycles. The van der Waals surface area contributed by atoms with Crippen LogP contribution in [0.1, 0.15) is 24.3 Å². The largest absolute Gasteiger partial charge is 0.441 e. The van der Waals surface area contributed by atoms with Crippen molar-refractivity contribution in [1.82, 2.24) is 15.2 Å². The second-order valence-corrected chi connectivity index (χ2v) is 7.66. The maximum Gasteiger partial charge on any atom is 0.226 e. The Labute approximate surface area is 176 Å². The third kappa shape index (κ3) is 5.79. The molecule has 8 heteroatoms. The van der Waals surface area contributed by atoms with Crippen molar-refractivity contribution in [2.24, 2.45) is 5.92 Å². The van der Waals surface area contributed by atoms with Crippen LogP contribution >= 0.6 is 11.6 Å². The van der Waals surface area contributed by atoms with E-state index in [0.717, 1.165) is 42.9 Å². The first-order valence-electron chi connectivity index (χ1n) is 9.78. The average Bonchev–Trinajstić information content (AvgIpc) is 3.10. The van der Waals surface area contributed by atoms with Gasteiger partial charge in [0.2, 0.25) is 11.8 Å². The zero-order chi connectivity index (χ0) is 20.8. The third-order valence-corrected chi connectivity index (χ3v) is 5.54. The summed E-state index contributed by atoms with van der Waals surface area (Å²) in [6.45, 7) is 4.70. The van der Waals surface area contributed by atoms with Crippen LogP contribution in [0.15, 0.2) is 28.7 Å². The molecule has 2 heterocycles. The Morgan fingerprint density at radius 2 is 1.93 bits per heavy atom. The summed E-state index contributed by atoms with van der Waals surface area (Å²) in [7, 11) is 3.12. The van der Waals surface area contributed by atoms with Crippen molar-refractivity contribution in [3.8, 4) is 11.5 Å². The van der Waals surface area contributed by atoms with Crippen LogP contribution in [-0.2, 0) is 20.8 Å². The minimum atomic E-state index is -0.413. The number of aromatic nitrogens is 1. The van der Waals surface area contributed by atoms with E-state index in [1.165, 1.54) is 0 Å². The predicted octanol–water partition coefficient (Wildman–Crippen LogP) is 3.25. The normalized spacial score (nSPS) is 15.8. The second kappa shape index (κ2) is 10.2. The molecule has 7 nitrogen and oxygen atoms in total. The molecule has 1 aliphatic heterocycles. The fourth-order valence-electron chi connectivity index (χ4n) is 3.45. The van der Waals surface area contributed by atoms with Gasteiger partial charge in [-0.3, -0.25) is 9.69 Å². The molecule has 0 bridgehead atoms. The number of benzene rings is 1. The molecule has 29 heavy (non-hydrogen) atoms. The molecule has 1 N–H and O–H groups in total. The highest BCUT2D eigenvalue weighted by atomic mass is 35.5. The Kier molecular flexibility index (Phi) is 7.66. The van der Waals surface area contributed by atoms with Crippen molar-refractivity contribution < 1.29 is 18.7 Å². The molecule has 158 valence electrons. The topological polar surface area (TPSA) is 76.8 Å². The van der Waals surface area contributed by atoms with Gasteiger partial charge in [-0.15, -0.1) is 0 Å². The van der Waals surface area contributed by atoms with E-state index in [1.807, 2.05) is 31.2 Å². The van der Waals surface area contributed by atoms with Gasteiger partial charge in [-0.2, -0.15) is 0 Å². The number of aryl methyl sites for hydroxylation is 1. The Hall–Kier alpha value is -1.93. The van der Waals surface area contributed by atoms with Gasteiger partial charge in [0, 0.05) is 37.3 Å². The highest BCUT2D eigenvalue weighted by Gasteiger charge is 2.26. The van der Waals surface area contributed by atoms with Crippen molar-refractivity contribution in [3.63, 3.8) is 0 Å². The first-order chi connectivity index (χ1) is 14.0. The van der Waals surface area contributed by atoms with E-state index in [9.17, 15) is 4.79 Å². The molecule has 1 aromatic carbocycles. The van der Waals surface area contributed by atoms with Gasteiger partial charge in [-0.1, -0.05) is 11.6 Å². The van der Waals surface area contributed by atoms with E-state index in [0.29, 0.717) is 24.0 Å². The van der Waals surface area contributed by atoms with Crippen LogP contribution in [0, 0.1) is 12.8 Å². The number of oxazole rings is 1. The fourth-order valence-corrected chi connectivity index (χ4v) is 3.57. The van der Waals surface area contributed by atoms with Crippen molar-refractivity contribution >= 4 is 17.5 Å². The monoisotopic (exact) mass is 421 g/mol. The summed E-state index contributed by atoms with van der Waals surface area (Å²) in [6, 6.07) is 7.46. The molecule has 3 rings (SSSR count). The number of carbonyl (C=O) groups excluding carboxylic acids is 1. The first-order valence-corrected chi connectivity index (χ1v) is 10.2. The number of piperidine rings is 1. The number of rotatable bonds is 8. The Bertz CT molecular complexity index is 797. The molecule has 1 amide bonds. The summed E-state index contributed by atoms with van der Waals surface area (Å²) in [6.07, 6.45) is 1.22. The zero-order valence-corrected chi connectivity index (χ0v) is 17.9. The van der Waals surface area contributed by atoms with E-state index >= 15 is 0 Å². The summed E-state index contributed by atoms with van der Waals surface area (Å²) >= 11 is 5.95. The van der Waals surface area contributed by atoms with Gasteiger partial charge in [0.15, 0.2) is 6.29 Å². The van der Waals surface area contributed by atoms with Crippen molar-refractivity contribution in [2.45, 2.75) is 32.6 Å². The Morgan fingerprint density at radius 3 is 2.55 bits per heavy atom.